The lowest BCUT2D eigenvalue weighted by Crippen LogP contribution is -2.46. The van der Waals surface area contributed by atoms with Gasteiger partial charge in [0.1, 0.15) is 5.75 Å². The van der Waals surface area contributed by atoms with Crippen LogP contribution in [0.15, 0.2) is 24.3 Å². The lowest BCUT2D eigenvalue weighted by molar-refractivity contribution is 0.111. The molecule has 100 valence electrons. The monoisotopic (exact) mass is 250 g/mol. The van der Waals surface area contributed by atoms with Gasteiger partial charge >= 0.3 is 0 Å². The fourth-order valence-electron chi connectivity index (χ4n) is 2.38. The van der Waals surface area contributed by atoms with Gasteiger partial charge in [-0.2, -0.15) is 0 Å². The Balaban J connectivity index is 2.06. The first kappa shape index (κ1) is 13.3. The van der Waals surface area contributed by atoms with Crippen molar-refractivity contribution >= 4 is 0 Å². The van der Waals surface area contributed by atoms with Crippen molar-refractivity contribution < 1.29 is 9.84 Å². The molecule has 1 atom stereocenters. The maximum absolute atomic E-state index is 9.61. The highest BCUT2D eigenvalue weighted by atomic mass is 16.5. The van der Waals surface area contributed by atoms with Crippen LogP contribution in [0.25, 0.3) is 0 Å². The van der Waals surface area contributed by atoms with Crippen LogP contribution >= 0.6 is 0 Å². The molecule has 0 aliphatic carbocycles. The zero-order valence-corrected chi connectivity index (χ0v) is 10.9. The van der Waals surface area contributed by atoms with Crippen molar-refractivity contribution in [1.29, 1.82) is 0 Å². The highest BCUT2D eigenvalue weighted by Gasteiger charge is 2.21. The van der Waals surface area contributed by atoms with Gasteiger partial charge in [-0.1, -0.05) is 12.1 Å². The van der Waals surface area contributed by atoms with Gasteiger partial charge in [0.15, 0.2) is 0 Å². The molecular weight excluding hydrogens is 228 g/mol. The third kappa shape index (κ3) is 3.22. The minimum atomic E-state index is 0.0998. The maximum Gasteiger partial charge on any atom is 0.119 e. The molecule has 4 nitrogen and oxygen atoms in total. The van der Waals surface area contributed by atoms with Crippen molar-refractivity contribution in [3.8, 4) is 5.75 Å². The van der Waals surface area contributed by atoms with Gasteiger partial charge in [0.2, 0.25) is 0 Å². The Morgan fingerprint density at radius 3 is 2.50 bits per heavy atom. The van der Waals surface area contributed by atoms with Crippen LogP contribution in [0.4, 0.5) is 0 Å². The number of aliphatic hydroxyl groups is 1. The molecule has 0 unspecified atom stereocenters. The van der Waals surface area contributed by atoms with E-state index in [0.717, 1.165) is 37.5 Å². The third-order valence-corrected chi connectivity index (χ3v) is 3.34. The zero-order valence-electron chi connectivity index (χ0n) is 10.9. The summed E-state index contributed by atoms with van der Waals surface area (Å²) >= 11 is 0. The largest absolute Gasteiger partial charge is 0.494 e. The number of piperazine rings is 1. The summed E-state index contributed by atoms with van der Waals surface area (Å²) in [6.07, 6.45) is 0. The molecule has 2 rings (SSSR count). The molecule has 1 aliphatic rings. The number of hydrogen-bond donors (Lipinski definition) is 2. The molecule has 4 heteroatoms. The molecule has 18 heavy (non-hydrogen) atoms. The highest BCUT2D eigenvalue weighted by Crippen LogP contribution is 2.23. The molecule has 1 aliphatic heterocycles. The van der Waals surface area contributed by atoms with Crippen molar-refractivity contribution in [2.75, 3.05) is 39.4 Å². The summed E-state index contributed by atoms with van der Waals surface area (Å²) in [6, 6.07) is 8.15. The molecule has 0 aromatic heterocycles. The fourth-order valence-corrected chi connectivity index (χ4v) is 2.38. The van der Waals surface area contributed by atoms with Crippen LogP contribution in [0.3, 0.4) is 0 Å². The molecular formula is C14H22N2O2. The first-order valence-electron chi connectivity index (χ1n) is 6.63. The highest BCUT2D eigenvalue weighted by molar-refractivity contribution is 5.29. The average molecular weight is 250 g/mol. The number of aliphatic hydroxyl groups excluding tert-OH is 1. The van der Waals surface area contributed by atoms with Crippen LogP contribution in [0.1, 0.15) is 18.5 Å². The maximum atomic E-state index is 9.61. The normalized spacial score (nSPS) is 18.6. The first-order valence-corrected chi connectivity index (χ1v) is 6.63. The van der Waals surface area contributed by atoms with Gasteiger partial charge < -0.3 is 15.2 Å². The lowest BCUT2D eigenvalue weighted by Gasteiger charge is -2.34. The number of ether oxygens (including phenoxy) is 1. The molecule has 0 saturated carbocycles. The standard InChI is InChI=1S/C14H22N2O2/c1-2-18-13-5-3-12(4-6-13)14(11-17)16-9-7-15-8-10-16/h3-6,14-15,17H,2,7-11H2,1H3/t14-/m1/s1. The number of nitrogens with one attached hydrogen (secondary N) is 1. The van der Waals surface area contributed by atoms with Crippen LogP contribution < -0.4 is 10.1 Å². The zero-order chi connectivity index (χ0) is 12.8. The van der Waals surface area contributed by atoms with E-state index in [9.17, 15) is 5.11 Å². The van der Waals surface area contributed by atoms with E-state index < -0.39 is 0 Å². The Morgan fingerprint density at radius 1 is 1.28 bits per heavy atom. The quantitative estimate of drug-likeness (QED) is 0.819. The molecule has 1 aromatic carbocycles. The summed E-state index contributed by atoms with van der Waals surface area (Å²) in [5.41, 5.74) is 1.16. The van der Waals surface area contributed by atoms with E-state index in [0.29, 0.717) is 6.61 Å². The summed E-state index contributed by atoms with van der Waals surface area (Å²) in [6.45, 7) is 6.78. The minimum absolute atomic E-state index is 0.0998. The molecule has 0 amide bonds. The smallest absolute Gasteiger partial charge is 0.119 e. The second-order valence-electron chi connectivity index (χ2n) is 4.49. The summed E-state index contributed by atoms with van der Waals surface area (Å²) in [4.78, 5) is 2.33. The molecule has 2 N–H and O–H groups in total. The first-order chi connectivity index (χ1) is 8.85. The predicted octanol–water partition coefficient (Wildman–Crippen LogP) is 1.02. The van der Waals surface area contributed by atoms with E-state index in [-0.39, 0.29) is 12.6 Å². The van der Waals surface area contributed by atoms with Crippen molar-refractivity contribution in [3.63, 3.8) is 0 Å². The van der Waals surface area contributed by atoms with Gasteiger partial charge in [0.05, 0.1) is 19.3 Å². The molecule has 0 spiro atoms. The molecule has 1 heterocycles. The van der Waals surface area contributed by atoms with Crippen molar-refractivity contribution in [3.05, 3.63) is 29.8 Å². The van der Waals surface area contributed by atoms with Crippen LogP contribution in [-0.4, -0.2) is 49.4 Å². The second kappa shape index (κ2) is 6.73. The van der Waals surface area contributed by atoms with Crippen molar-refractivity contribution in [1.82, 2.24) is 10.2 Å². The van der Waals surface area contributed by atoms with Crippen molar-refractivity contribution in [2.45, 2.75) is 13.0 Å². The average Bonchev–Trinajstić information content (AvgIpc) is 2.43. The molecule has 1 fully saturated rings. The minimum Gasteiger partial charge on any atom is -0.494 e. The van der Waals surface area contributed by atoms with E-state index in [1.165, 1.54) is 0 Å². The number of benzene rings is 1. The predicted molar refractivity (Wildman–Crippen MR) is 71.9 cm³/mol. The Morgan fingerprint density at radius 2 is 1.94 bits per heavy atom. The summed E-state index contributed by atoms with van der Waals surface area (Å²) in [7, 11) is 0. The second-order valence-corrected chi connectivity index (χ2v) is 4.49. The Labute approximate surface area is 109 Å². The molecule has 0 bridgehead atoms. The van der Waals surface area contributed by atoms with E-state index in [1.807, 2.05) is 31.2 Å². The van der Waals surface area contributed by atoms with E-state index in [4.69, 9.17) is 4.74 Å². The Hall–Kier alpha value is -1.10. The van der Waals surface area contributed by atoms with Crippen LogP contribution in [0.2, 0.25) is 0 Å². The summed E-state index contributed by atoms with van der Waals surface area (Å²) in [5, 5.41) is 12.9. The van der Waals surface area contributed by atoms with E-state index >= 15 is 0 Å². The number of rotatable bonds is 5. The van der Waals surface area contributed by atoms with Gasteiger partial charge in [0, 0.05) is 26.2 Å². The topological polar surface area (TPSA) is 44.7 Å². The molecule has 1 saturated heterocycles. The van der Waals surface area contributed by atoms with Gasteiger partial charge in [-0.15, -0.1) is 0 Å². The van der Waals surface area contributed by atoms with E-state index in [2.05, 4.69) is 10.2 Å². The summed E-state index contributed by atoms with van der Waals surface area (Å²) in [5.74, 6) is 0.887. The Kier molecular flexibility index (Phi) is 4.99. The molecule has 0 radical (unpaired) electrons. The SMILES string of the molecule is CCOc1ccc([C@@H](CO)N2CCNCC2)cc1. The van der Waals surface area contributed by atoms with Gasteiger partial charge in [-0.05, 0) is 24.6 Å². The van der Waals surface area contributed by atoms with Crippen molar-refractivity contribution in [2.24, 2.45) is 0 Å². The van der Waals surface area contributed by atoms with E-state index in [1.54, 1.807) is 0 Å². The number of hydrogen-bond acceptors (Lipinski definition) is 4. The van der Waals surface area contributed by atoms with Gasteiger partial charge in [-0.3, -0.25) is 4.90 Å². The summed E-state index contributed by atoms with van der Waals surface area (Å²) < 4.78 is 5.43. The van der Waals surface area contributed by atoms with Crippen LogP contribution in [0.5, 0.6) is 5.75 Å². The fraction of sp³-hybridized carbons (Fsp3) is 0.571. The van der Waals surface area contributed by atoms with Gasteiger partial charge in [0.25, 0.3) is 0 Å². The van der Waals surface area contributed by atoms with Gasteiger partial charge in [-0.25, -0.2) is 0 Å². The van der Waals surface area contributed by atoms with Crippen LogP contribution in [0, 0.1) is 0 Å². The third-order valence-electron chi connectivity index (χ3n) is 3.34. The lowest BCUT2D eigenvalue weighted by atomic mass is 10.1. The Bertz CT molecular complexity index is 347. The molecule has 1 aromatic rings. The number of nitrogens with zero attached hydrogens (tertiary/aromatic N) is 1. The van der Waals surface area contributed by atoms with Crippen LogP contribution in [-0.2, 0) is 0 Å².